The lowest BCUT2D eigenvalue weighted by atomic mass is 10.1. The number of rotatable bonds is 4. The predicted octanol–water partition coefficient (Wildman–Crippen LogP) is 5.86. The molecule has 0 aliphatic carbocycles. The molecule has 0 bridgehead atoms. The summed E-state index contributed by atoms with van der Waals surface area (Å²) in [5, 5.41) is 0. The van der Waals surface area contributed by atoms with Gasteiger partial charge in [-0.15, -0.1) is 0 Å². The van der Waals surface area contributed by atoms with Gasteiger partial charge in [0.25, 0.3) is 0 Å². The number of nitrogens with zero attached hydrogens (tertiary/aromatic N) is 1. The fraction of sp³-hybridized carbons (Fsp3) is 0.143. The molecule has 0 atom stereocenters. The lowest BCUT2D eigenvalue weighted by molar-refractivity contribution is 0.312. The SMILES string of the molecule is C=C/C=C1\C(=C/C)OC(/C=C\C)=C(/C=C\C)N1c1ccccc1. The van der Waals surface area contributed by atoms with Crippen LogP contribution in [0.4, 0.5) is 5.69 Å². The molecule has 23 heavy (non-hydrogen) atoms. The van der Waals surface area contributed by atoms with Gasteiger partial charge in [-0.1, -0.05) is 43.0 Å². The van der Waals surface area contributed by atoms with Gasteiger partial charge in [0.1, 0.15) is 5.76 Å². The summed E-state index contributed by atoms with van der Waals surface area (Å²) in [6.07, 6.45) is 13.8. The third-order valence-corrected chi connectivity index (χ3v) is 3.40. The van der Waals surface area contributed by atoms with Crippen molar-refractivity contribution in [3.8, 4) is 0 Å². The summed E-state index contributed by atoms with van der Waals surface area (Å²) in [7, 11) is 0. The number of anilines is 1. The molecule has 2 nitrogen and oxygen atoms in total. The molecule has 0 amide bonds. The second kappa shape index (κ2) is 8.04. The number of allylic oxidation sites excluding steroid dienone is 7. The highest BCUT2D eigenvalue weighted by atomic mass is 16.5. The van der Waals surface area contributed by atoms with Gasteiger partial charge in [0.15, 0.2) is 5.76 Å². The van der Waals surface area contributed by atoms with Crippen molar-refractivity contribution in [1.29, 1.82) is 0 Å². The van der Waals surface area contributed by atoms with Gasteiger partial charge < -0.3 is 9.64 Å². The fourth-order valence-corrected chi connectivity index (χ4v) is 2.49. The topological polar surface area (TPSA) is 12.5 Å². The van der Waals surface area contributed by atoms with Gasteiger partial charge in [-0.25, -0.2) is 0 Å². The van der Waals surface area contributed by atoms with Gasteiger partial charge in [-0.3, -0.25) is 0 Å². The first kappa shape index (κ1) is 16.6. The van der Waals surface area contributed by atoms with Gasteiger partial charge in [0, 0.05) is 5.69 Å². The van der Waals surface area contributed by atoms with E-state index in [1.165, 1.54) is 0 Å². The average Bonchev–Trinajstić information content (AvgIpc) is 2.58. The number of benzene rings is 1. The predicted molar refractivity (Wildman–Crippen MR) is 98.7 cm³/mol. The third kappa shape index (κ3) is 3.54. The van der Waals surface area contributed by atoms with Crippen molar-refractivity contribution in [2.75, 3.05) is 4.90 Å². The lowest BCUT2D eigenvalue weighted by Crippen LogP contribution is -2.28. The maximum Gasteiger partial charge on any atom is 0.151 e. The molecule has 0 saturated heterocycles. The number of para-hydroxylation sites is 1. The van der Waals surface area contributed by atoms with Gasteiger partial charge >= 0.3 is 0 Å². The van der Waals surface area contributed by atoms with Crippen molar-refractivity contribution in [3.05, 3.63) is 102 Å². The number of ether oxygens (including phenoxy) is 1. The van der Waals surface area contributed by atoms with Crippen LogP contribution >= 0.6 is 0 Å². The van der Waals surface area contributed by atoms with E-state index >= 15 is 0 Å². The molecule has 1 aliphatic heterocycles. The zero-order chi connectivity index (χ0) is 16.7. The normalized spacial score (nSPS) is 19.2. The molecule has 0 N–H and O–H groups in total. The van der Waals surface area contributed by atoms with Crippen molar-refractivity contribution < 1.29 is 4.74 Å². The first-order valence-electron chi connectivity index (χ1n) is 7.78. The Balaban J connectivity index is 2.76. The maximum atomic E-state index is 6.10. The zero-order valence-electron chi connectivity index (χ0n) is 14.0. The molecule has 1 heterocycles. The summed E-state index contributed by atoms with van der Waals surface area (Å²) >= 11 is 0. The third-order valence-electron chi connectivity index (χ3n) is 3.40. The minimum Gasteiger partial charge on any atom is -0.453 e. The van der Waals surface area contributed by atoms with Gasteiger partial charge in [-0.2, -0.15) is 0 Å². The van der Waals surface area contributed by atoms with Gasteiger partial charge in [-0.05, 0) is 57.2 Å². The minimum absolute atomic E-state index is 0.815. The van der Waals surface area contributed by atoms with Crippen LogP contribution in [-0.2, 0) is 4.74 Å². The molecule has 0 aromatic heterocycles. The quantitative estimate of drug-likeness (QED) is 0.690. The fourth-order valence-electron chi connectivity index (χ4n) is 2.49. The van der Waals surface area contributed by atoms with Gasteiger partial charge in [0.2, 0.25) is 0 Å². The molecule has 0 spiro atoms. The maximum absolute atomic E-state index is 6.10. The van der Waals surface area contributed by atoms with Crippen molar-refractivity contribution in [2.45, 2.75) is 20.8 Å². The van der Waals surface area contributed by atoms with Crippen LogP contribution in [0, 0.1) is 0 Å². The number of hydrogen-bond donors (Lipinski definition) is 0. The summed E-state index contributed by atoms with van der Waals surface area (Å²) in [5.41, 5.74) is 3.05. The average molecular weight is 305 g/mol. The monoisotopic (exact) mass is 305 g/mol. The molecule has 0 fully saturated rings. The van der Waals surface area contributed by atoms with Gasteiger partial charge in [0.05, 0.1) is 11.4 Å². The van der Waals surface area contributed by atoms with Crippen LogP contribution in [0.2, 0.25) is 0 Å². The summed E-state index contributed by atoms with van der Waals surface area (Å²) in [4.78, 5) is 2.19. The van der Waals surface area contributed by atoms with Crippen molar-refractivity contribution >= 4 is 5.69 Å². The first-order valence-corrected chi connectivity index (χ1v) is 7.78. The van der Waals surface area contributed by atoms with E-state index in [1.54, 1.807) is 6.08 Å². The Hall–Kier alpha value is -2.74. The van der Waals surface area contributed by atoms with E-state index in [0.29, 0.717) is 0 Å². The second-order valence-electron chi connectivity index (χ2n) is 4.96. The largest absolute Gasteiger partial charge is 0.453 e. The van der Waals surface area contributed by atoms with E-state index in [9.17, 15) is 0 Å². The molecule has 0 saturated carbocycles. The van der Waals surface area contributed by atoms with E-state index in [2.05, 4.69) is 29.7 Å². The molecule has 0 unspecified atom stereocenters. The molecule has 0 radical (unpaired) electrons. The lowest BCUT2D eigenvalue weighted by Gasteiger charge is -2.35. The summed E-state index contributed by atoms with van der Waals surface area (Å²) < 4.78 is 6.10. The molecular formula is C21H23NO. The van der Waals surface area contributed by atoms with Crippen LogP contribution in [0.3, 0.4) is 0 Å². The zero-order valence-corrected chi connectivity index (χ0v) is 14.0. The molecule has 1 aromatic rings. The Morgan fingerprint density at radius 3 is 2.26 bits per heavy atom. The molecular weight excluding hydrogens is 282 g/mol. The Bertz CT molecular complexity index is 703. The summed E-state index contributed by atoms with van der Waals surface area (Å²) in [6.45, 7) is 9.81. The van der Waals surface area contributed by atoms with Crippen LogP contribution < -0.4 is 4.90 Å². The van der Waals surface area contributed by atoms with Crippen molar-refractivity contribution in [1.82, 2.24) is 0 Å². The van der Waals surface area contributed by atoms with Crippen LogP contribution in [0.5, 0.6) is 0 Å². The van der Waals surface area contributed by atoms with Crippen LogP contribution in [0.15, 0.2) is 102 Å². The highest BCUT2D eigenvalue weighted by Crippen LogP contribution is 2.37. The van der Waals surface area contributed by atoms with Crippen molar-refractivity contribution in [3.63, 3.8) is 0 Å². The van der Waals surface area contributed by atoms with E-state index < -0.39 is 0 Å². The molecule has 1 aliphatic rings. The Morgan fingerprint density at radius 1 is 1.00 bits per heavy atom. The van der Waals surface area contributed by atoms with Crippen molar-refractivity contribution in [2.24, 2.45) is 0 Å². The van der Waals surface area contributed by atoms with E-state index in [0.717, 1.165) is 28.6 Å². The van der Waals surface area contributed by atoms with Crippen LogP contribution in [-0.4, -0.2) is 0 Å². The minimum atomic E-state index is 0.815. The Labute approximate surface area is 139 Å². The second-order valence-corrected chi connectivity index (χ2v) is 4.96. The molecule has 1 aromatic carbocycles. The van der Waals surface area contributed by atoms with Crippen LogP contribution in [0.1, 0.15) is 20.8 Å². The molecule has 118 valence electrons. The standard InChI is InChI=1S/C21H23NO/c1-5-12-18-20(8-4)23-21(14-7-3)19(13-6-2)22(18)17-15-10-9-11-16-17/h5-16H,1H2,2-4H3/b13-6-,14-7-,18-12+,20-8+. The first-order chi connectivity index (χ1) is 11.3. The summed E-state index contributed by atoms with van der Waals surface area (Å²) in [5.74, 6) is 1.64. The smallest absolute Gasteiger partial charge is 0.151 e. The number of hydrogen-bond acceptors (Lipinski definition) is 2. The Morgan fingerprint density at radius 2 is 1.70 bits per heavy atom. The highest BCUT2D eigenvalue weighted by molar-refractivity contribution is 5.67. The van der Waals surface area contributed by atoms with Crippen LogP contribution in [0.25, 0.3) is 0 Å². The molecule has 2 heteroatoms. The summed E-state index contributed by atoms with van der Waals surface area (Å²) in [6, 6.07) is 10.3. The molecule has 2 rings (SSSR count). The van der Waals surface area contributed by atoms with E-state index in [-0.39, 0.29) is 0 Å². The Kier molecular flexibility index (Phi) is 5.81. The van der Waals surface area contributed by atoms with E-state index in [4.69, 9.17) is 4.74 Å². The van der Waals surface area contributed by atoms with E-state index in [1.807, 2.05) is 69.4 Å². The highest BCUT2D eigenvalue weighted by Gasteiger charge is 2.27.